The number of para-hydroxylation sites is 1. The van der Waals surface area contributed by atoms with Crippen LogP contribution in [0.3, 0.4) is 0 Å². The predicted molar refractivity (Wildman–Crippen MR) is 80.3 cm³/mol. The summed E-state index contributed by atoms with van der Waals surface area (Å²) in [5.74, 6) is 0.116. The van der Waals surface area contributed by atoms with E-state index in [-0.39, 0.29) is 10.9 Å². The van der Waals surface area contributed by atoms with E-state index in [9.17, 15) is 9.65 Å². The van der Waals surface area contributed by atoms with E-state index in [1.807, 2.05) is 0 Å². The first-order chi connectivity index (χ1) is 10.2. The second-order valence-electron chi connectivity index (χ2n) is 4.38. The van der Waals surface area contributed by atoms with Crippen LogP contribution in [0.2, 0.25) is 5.02 Å². The number of halogens is 3. The third-order valence-corrected chi connectivity index (χ3v) is 3.68. The quantitative estimate of drug-likeness (QED) is 0.656. The topological polar surface area (TPSA) is 41.6 Å². The molecule has 0 aliphatic carbocycles. The van der Waals surface area contributed by atoms with Crippen molar-refractivity contribution in [1.29, 1.82) is 5.26 Å². The fraction of sp³-hybridized carbons (Fsp3) is 0.0667. The van der Waals surface area contributed by atoms with Gasteiger partial charge in [-0.2, -0.15) is 5.26 Å². The molecule has 0 saturated carbocycles. The molecule has 3 nitrogen and oxygen atoms in total. The summed E-state index contributed by atoms with van der Waals surface area (Å²) in [5, 5.41) is 9.24. The molecule has 1 aromatic heterocycles. The van der Waals surface area contributed by atoms with Crippen LogP contribution in [0.4, 0.5) is 4.39 Å². The first-order valence-corrected chi connectivity index (χ1v) is 6.98. The zero-order valence-corrected chi connectivity index (χ0v) is 12.2. The van der Waals surface area contributed by atoms with Gasteiger partial charge in [0.05, 0.1) is 33.2 Å². The highest BCUT2D eigenvalue weighted by Gasteiger charge is 2.16. The Morgan fingerprint density at radius 3 is 2.76 bits per heavy atom. The number of rotatable bonds is 2. The Kier molecular flexibility index (Phi) is 3.54. The first kappa shape index (κ1) is 13.9. The van der Waals surface area contributed by atoms with E-state index in [0.717, 1.165) is 0 Å². The lowest BCUT2D eigenvalue weighted by molar-refractivity contribution is 0.629. The van der Waals surface area contributed by atoms with Gasteiger partial charge < -0.3 is 0 Å². The third kappa shape index (κ3) is 2.25. The van der Waals surface area contributed by atoms with Gasteiger partial charge in [0.15, 0.2) is 0 Å². The number of benzene rings is 2. The van der Waals surface area contributed by atoms with E-state index in [1.54, 1.807) is 28.8 Å². The average molecular weight is 320 g/mol. The minimum Gasteiger partial charge on any atom is -0.294 e. The highest BCUT2D eigenvalue weighted by Crippen LogP contribution is 2.28. The Hall–Kier alpha value is -2.09. The molecule has 104 valence electrons. The third-order valence-electron chi connectivity index (χ3n) is 3.15. The van der Waals surface area contributed by atoms with Crippen molar-refractivity contribution in [2.45, 2.75) is 5.88 Å². The van der Waals surface area contributed by atoms with Crippen LogP contribution in [-0.4, -0.2) is 9.55 Å². The van der Waals surface area contributed by atoms with Crippen molar-refractivity contribution in [1.82, 2.24) is 9.55 Å². The molecule has 0 spiro atoms. The molecule has 0 amide bonds. The lowest BCUT2D eigenvalue weighted by Gasteiger charge is -2.09. The summed E-state index contributed by atoms with van der Waals surface area (Å²) in [4.78, 5) is 4.36. The van der Waals surface area contributed by atoms with Gasteiger partial charge in [0.25, 0.3) is 0 Å². The monoisotopic (exact) mass is 319 g/mol. The Morgan fingerprint density at radius 1 is 1.29 bits per heavy atom. The molecule has 0 atom stereocenters. The number of alkyl halides is 1. The summed E-state index contributed by atoms with van der Waals surface area (Å²) >= 11 is 11.7. The predicted octanol–water partition coefficient (Wildman–Crippen LogP) is 4.43. The van der Waals surface area contributed by atoms with Gasteiger partial charge in [0.1, 0.15) is 17.7 Å². The molecule has 0 unspecified atom stereocenters. The largest absolute Gasteiger partial charge is 0.294 e. The van der Waals surface area contributed by atoms with Crippen molar-refractivity contribution < 1.29 is 4.39 Å². The number of nitrogens with zero attached hydrogens (tertiary/aromatic N) is 3. The molecule has 0 N–H and O–H groups in total. The van der Waals surface area contributed by atoms with Crippen molar-refractivity contribution in [3.05, 3.63) is 58.6 Å². The van der Waals surface area contributed by atoms with Crippen molar-refractivity contribution in [3.63, 3.8) is 0 Å². The van der Waals surface area contributed by atoms with Crippen molar-refractivity contribution >= 4 is 34.2 Å². The van der Waals surface area contributed by atoms with Crippen LogP contribution in [0, 0.1) is 17.1 Å². The van der Waals surface area contributed by atoms with E-state index < -0.39 is 5.82 Å². The Labute approximate surface area is 130 Å². The van der Waals surface area contributed by atoms with Gasteiger partial charge in [-0.3, -0.25) is 4.57 Å². The van der Waals surface area contributed by atoms with E-state index >= 15 is 0 Å². The molecule has 0 saturated heterocycles. The number of hydrogen-bond acceptors (Lipinski definition) is 2. The summed E-state index contributed by atoms with van der Waals surface area (Å²) in [5.41, 5.74) is 2.12. The second-order valence-corrected chi connectivity index (χ2v) is 5.06. The van der Waals surface area contributed by atoms with Gasteiger partial charge in [0.2, 0.25) is 0 Å². The molecule has 0 aliphatic rings. The maximum Gasteiger partial charge on any atom is 0.144 e. The van der Waals surface area contributed by atoms with Crippen LogP contribution >= 0.6 is 23.2 Å². The number of nitriles is 1. The van der Waals surface area contributed by atoms with Crippen molar-refractivity contribution in [2.75, 3.05) is 0 Å². The molecule has 2 aromatic carbocycles. The SMILES string of the molecule is N#Cc1ccccc1-n1c(CCl)nc2cc(Cl)c(F)cc21. The molecular weight excluding hydrogens is 312 g/mol. The lowest BCUT2D eigenvalue weighted by Crippen LogP contribution is -2.01. The van der Waals surface area contributed by atoms with Gasteiger partial charge in [-0.25, -0.2) is 9.37 Å². The Bertz CT molecular complexity index is 880. The fourth-order valence-corrected chi connectivity index (χ4v) is 2.58. The Morgan fingerprint density at radius 2 is 2.05 bits per heavy atom. The van der Waals surface area contributed by atoms with Crippen LogP contribution < -0.4 is 0 Å². The molecule has 0 bridgehead atoms. The fourth-order valence-electron chi connectivity index (χ4n) is 2.24. The van der Waals surface area contributed by atoms with Crippen LogP contribution in [0.25, 0.3) is 16.7 Å². The summed E-state index contributed by atoms with van der Waals surface area (Å²) in [7, 11) is 0. The molecule has 6 heteroatoms. The highest BCUT2D eigenvalue weighted by atomic mass is 35.5. The zero-order valence-electron chi connectivity index (χ0n) is 10.6. The van der Waals surface area contributed by atoms with Crippen molar-refractivity contribution in [2.24, 2.45) is 0 Å². The van der Waals surface area contributed by atoms with Crippen molar-refractivity contribution in [3.8, 4) is 11.8 Å². The molecule has 0 radical (unpaired) electrons. The molecule has 0 fully saturated rings. The number of hydrogen-bond donors (Lipinski definition) is 0. The second kappa shape index (κ2) is 5.36. The molecule has 3 aromatic rings. The average Bonchev–Trinajstić information content (AvgIpc) is 2.85. The van der Waals surface area contributed by atoms with Gasteiger partial charge in [0, 0.05) is 6.07 Å². The van der Waals surface area contributed by atoms with Crippen LogP contribution in [0.15, 0.2) is 36.4 Å². The lowest BCUT2D eigenvalue weighted by atomic mass is 10.2. The van der Waals surface area contributed by atoms with E-state index in [1.165, 1.54) is 12.1 Å². The Balaban J connectivity index is 2.41. The normalized spacial score (nSPS) is 10.8. The molecular formula is C15H8Cl2FN3. The number of imidazole rings is 1. The van der Waals surface area contributed by atoms with Gasteiger partial charge in [-0.1, -0.05) is 23.7 Å². The summed E-state index contributed by atoms with van der Waals surface area (Å²) in [6.07, 6.45) is 0. The highest BCUT2D eigenvalue weighted by molar-refractivity contribution is 6.31. The maximum absolute atomic E-state index is 13.8. The minimum absolute atomic E-state index is 0.00170. The van der Waals surface area contributed by atoms with Gasteiger partial charge in [-0.15, -0.1) is 11.6 Å². The maximum atomic E-state index is 13.8. The van der Waals surface area contributed by atoms with Crippen LogP contribution in [-0.2, 0) is 5.88 Å². The first-order valence-electron chi connectivity index (χ1n) is 6.07. The summed E-state index contributed by atoms with van der Waals surface area (Å²) < 4.78 is 15.4. The van der Waals surface area contributed by atoms with Crippen LogP contribution in [0.5, 0.6) is 0 Å². The molecule has 3 rings (SSSR count). The van der Waals surface area contributed by atoms with Gasteiger partial charge in [-0.05, 0) is 18.2 Å². The summed E-state index contributed by atoms with van der Waals surface area (Å²) in [6.45, 7) is 0. The van der Waals surface area contributed by atoms with E-state index in [4.69, 9.17) is 23.2 Å². The zero-order chi connectivity index (χ0) is 15.0. The smallest absolute Gasteiger partial charge is 0.144 e. The number of fused-ring (bicyclic) bond motifs is 1. The van der Waals surface area contributed by atoms with Crippen LogP contribution in [0.1, 0.15) is 11.4 Å². The minimum atomic E-state index is -0.541. The molecule has 21 heavy (non-hydrogen) atoms. The molecule has 1 heterocycles. The standard InChI is InChI=1S/C15H8Cl2FN3/c16-7-15-20-12-5-10(17)11(18)6-14(12)21(15)13-4-2-1-3-9(13)8-19/h1-6H,7H2. The van der Waals surface area contributed by atoms with Gasteiger partial charge >= 0.3 is 0 Å². The molecule has 0 aliphatic heterocycles. The number of aromatic nitrogens is 2. The van der Waals surface area contributed by atoms with E-state index in [2.05, 4.69) is 11.1 Å². The van der Waals surface area contributed by atoms with E-state index in [0.29, 0.717) is 28.1 Å². The summed E-state index contributed by atoms with van der Waals surface area (Å²) in [6, 6.07) is 11.9.